The Kier molecular flexibility index (Phi) is 8.73. The first-order chi connectivity index (χ1) is 11.5. The van der Waals surface area contributed by atoms with Crippen molar-refractivity contribution in [3.05, 3.63) is 23.7 Å². The van der Waals surface area contributed by atoms with Gasteiger partial charge in [-0.3, -0.25) is 9.59 Å². The fraction of sp³-hybridized carbons (Fsp3) is 0.562. The van der Waals surface area contributed by atoms with E-state index in [4.69, 9.17) is 14.9 Å². The molecule has 140 valence electrons. The van der Waals surface area contributed by atoms with Crippen LogP contribution in [0.25, 0.3) is 0 Å². The van der Waals surface area contributed by atoms with Crippen LogP contribution in [0.15, 0.2) is 21.5 Å². The molecule has 0 atom stereocenters. The quantitative estimate of drug-likeness (QED) is 0.295. The third-order valence-electron chi connectivity index (χ3n) is 3.95. The molecule has 0 bridgehead atoms. The summed E-state index contributed by atoms with van der Waals surface area (Å²) in [5, 5.41) is 3.24. The van der Waals surface area contributed by atoms with E-state index < -0.39 is 5.91 Å². The van der Waals surface area contributed by atoms with E-state index in [1.165, 1.54) is 7.11 Å². The van der Waals surface area contributed by atoms with E-state index >= 15 is 0 Å². The molecular formula is C16H25IN4O4. The Morgan fingerprint density at radius 3 is 2.60 bits per heavy atom. The van der Waals surface area contributed by atoms with Gasteiger partial charge in [0.05, 0.1) is 13.0 Å². The van der Waals surface area contributed by atoms with Crippen LogP contribution in [0, 0.1) is 5.92 Å². The van der Waals surface area contributed by atoms with Crippen molar-refractivity contribution >= 4 is 41.8 Å². The number of nitrogens with one attached hydrogen (secondary N) is 1. The molecular weight excluding hydrogens is 439 g/mol. The van der Waals surface area contributed by atoms with Gasteiger partial charge in [-0.15, -0.1) is 24.0 Å². The number of nitrogens with zero attached hydrogens (tertiary/aromatic N) is 2. The van der Waals surface area contributed by atoms with E-state index in [-0.39, 0.29) is 41.6 Å². The molecule has 0 saturated carbocycles. The Morgan fingerprint density at radius 2 is 2.08 bits per heavy atom. The lowest BCUT2D eigenvalue weighted by atomic mass is 9.97. The largest absolute Gasteiger partial charge is 0.469 e. The smallest absolute Gasteiger partial charge is 0.308 e. The lowest BCUT2D eigenvalue weighted by Gasteiger charge is -2.33. The summed E-state index contributed by atoms with van der Waals surface area (Å²) in [7, 11) is 1.42. The number of rotatable bonds is 5. The zero-order valence-electron chi connectivity index (χ0n) is 14.5. The van der Waals surface area contributed by atoms with Crippen molar-refractivity contribution in [2.75, 3.05) is 26.7 Å². The van der Waals surface area contributed by atoms with Crippen molar-refractivity contribution in [1.29, 1.82) is 0 Å². The van der Waals surface area contributed by atoms with Crippen LogP contribution in [0.2, 0.25) is 0 Å². The number of likely N-dealkylation sites (tertiary alicyclic amines) is 1. The van der Waals surface area contributed by atoms with Gasteiger partial charge in [-0.1, -0.05) is 0 Å². The summed E-state index contributed by atoms with van der Waals surface area (Å²) in [6, 6.07) is 3.23. The molecule has 2 heterocycles. The third kappa shape index (κ3) is 5.91. The summed E-state index contributed by atoms with van der Waals surface area (Å²) in [5.41, 5.74) is 5.17. The first-order valence-electron chi connectivity index (χ1n) is 8.04. The number of amides is 1. The first kappa shape index (κ1) is 21.3. The van der Waals surface area contributed by atoms with Crippen LogP contribution in [0.5, 0.6) is 0 Å². The van der Waals surface area contributed by atoms with Crippen LogP contribution in [0.3, 0.4) is 0 Å². The van der Waals surface area contributed by atoms with Crippen LogP contribution in [0.4, 0.5) is 0 Å². The number of primary amides is 1. The molecule has 0 unspecified atom stereocenters. The van der Waals surface area contributed by atoms with E-state index in [0.29, 0.717) is 12.3 Å². The highest BCUT2D eigenvalue weighted by Crippen LogP contribution is 2.18. The fourth-order valence-corrected chi connectivity index (χ4v) is 2.67. The molecule has 1 amide bonds. The predicted molar refractivity (Wildman–Crippen MR) is 104 cm³/mol. The SMILES string of the molecule is CCNC(=NCc1ccc(C(N)=O)o1)N1CCC(C(=O)OC)CC1.I. The molecule has 0 aliphatic carbocycles. The molecule has 1 saturated heterocycles. The fourth-order valence-electron chi connectivity index (χ4n) is 2.67. The second kappa shape index (κ2) is 10.3. The number of hydrogen-bond donors (Lipinski definition) is 2. The number of hydrogen-bond acceptors (Lipinski definition) is 5. The molecule has 9 heteroatoms. The molecule has 1 aromatic heterocycles. The molecule has 1 aliphatic heterocycles. The first-order valence-corrected chi connectivity index (χ1v) is 8.04. The minimum Gasteiger partial charge on any atom is -0.469 e. The number of carbonyl (C=O) groups is 2. The zero-order valence-corrected chi connectivity index (χ0v) is 16.8. The van der Waals surface area contributed by atoms with Crippen molar-refractivity contribution in [3.63, 3.8) is 0 Å². The normalized spacial score (nSPS) is 15.4. The standard InChI is InChI=1S/C16H24N4O4.HI/c1-3-18-16(19-10-12-4-5-13(24-12)14(17)21)20-8-6-11(7-9-20)15(22)23-2;/h4-5,11H,3,6-10H2,1-2H3,(H2,17,21)(H,18,19);1H. The summed E-state index contributed by atoms with van der Waals surface area (Å²) in [6.07, 6.45) is 1.48. The van der Waals surface area contributed by atoms with Crippen molar-refractivity contribution < 1.29 is 18.7 Å². The lowest BCUT2D eigenvalue weighted by molar-refractivity contribution is -0.146. The van der Waals surface area contributed by atoms with Crippen LogP contribution >= 0.6 is 24.0 Å². The maximum absolute atomic E-state index is 11.6. The van der Waals surface area contributed by atoms with Gasteiger partial charge in [0, 0.05) is 19.6 Å². The van der Waals surface area contributed by atoms with E-state index in [1.54, 1.807) is 12.1 Å². The van der Waals surface area contributed by atoms with Gasteiger partial charge in [-0.25, -0.2) is 4.99 Å². The van der Waals surface area contributed by atoms with Gasteiger partial charge in [0.2, 0.25) is 0 Å². The number of methoxy groups -OCH3 is 1. The Bertz CT molecular complexity index is 609. The molecule has 25 heavy (non-hydrogen) atoms. The van der Waals surface area contributed by atoms with Crippen LogP contribution in [-0.4, -0.2) is 49.5 Å². The minimum absolute atomic E-state index is 0. The van der Waals surface area contributed by atoms with Crippen molar-refractivity contribution in [2.24, 2.45) is 16.6 Å². The number of aliphatic imine (C=N–C) groups is 1. The highest BCUT2D eigenvalue weighted by Gasteiger charge is 2.27. The van der Waals surface area contributed by atoms with Crippen molar-refractivity contribution in [2.45, 2.75) is 26.3 Å². The number of guanidine groups is 1. The highest BCUT2D eigenvalue weighted by atomic mass is 127. The summed E-state index contributed by atoms with van der Waals surface area (Å²) >= 11 is 0. The van der Waals surface area contributed by atoms with Gasteiger partial charge in [-0.2, -0.15) is 0 Å². The number of halogens is 1. The van der Waals surface area contributed by atoms with Gasteiger partial charge in [0.15, 0.2) is 11.7 Å². The second-order valence-electron chi connectivity index (χ2n) is 5.58. The maximum atomic E-state index is 11.6. The molecule has 0 aromatic carbocycles. The third-order valence-corrected chi connectivity index (χ3v) is 3.95. The molecule has 0 spiro atoms. The van der Waals surface area contributed by atoms with Gasteiger partial charge < -0.3 is 25.1 Å². The number of nitrogens with two attached hydrogens (primary N) is 1. The Labute approximate surface area is 164 Å². The number of carbonyl (C=O) groups excluding carboxylic acids is 2. The zero-order chi connectivity index (χ0) is 17.5. The number of ether oxygens (including phenoxy) is 1. The van der Waals surface area contributed by atoms with Gasteiger partial charge in [-0.05, 0) is 31.9 Å². The molecule has 1 fully saturated rings. The average molecular weight is 464 g/mol. The Hall–Kier alpha value is -1.78. The number of piperidine rings is 1. The van der Waals surface area contributed by atoms with E-state index in [2.05, 4.69) is 15.2 Å². The van der Waals surface area contributed by atoms with Crippen LogP contribution in [0.1, 0.15) is 36.1 Å². The highest BCUT2D eigenvalue weighted by molar-refractivity contribution is 14.0. The summed E-state index contributed by atoms with van der Waals surface area (Å²) in [4.78, 5) is 29.3. The molecule has 8 nitrogen and oxygen atoms in total. The summed E-state index contributed by atoms with van der Waals surface area (Å²) in [5.74, 6) is 0.677. The molecule has 3 N–H and O–H groups in total. The minimum atomic E-state index is -0.595. The van der Waals surface area contributed by atoms with Crippen LogP contribution in [-0.2, 0) is 16.1 Å². The van der Waals surface area contributed by atoms with Crippen LogP contribution < -0.4 is 11.1 Å². The van der Waals surface area contributed by atoms with Crippen molar-refractivity contribution in [1.82, 2.24) is 10.2 Å². The van der Waals surface area contributed by atoms with E-state index in [1.807, 2.05) is 6.92 Å². The number of esters is 1. The van der Waals surface area contributed by atoms with Gasteiger partial charge in [0.25, 0.3) is 5.91 Å². The molecule has 1 aliphatic rings. The molecule has 0 radical (unpaired) electrons. The monoisotopic (exact) mass is 464 g/mol. The maximum Gasteiger partial charge on any atom is 0.308 e. The lowest BCUT2D eigenvalue weighted by Crippen LogP contribution is -2.46. The van der Waals surface area contributed by atoms with E-state index in [9.17, 15) is 9.59 Å². The summed E-state index contributed by atoms with van der Waals surface area (Å²) < 4.78 is 10.1. The summed E-state index contributed by atoms with van der Waals surface area (Å²) in [6.45, 7) is 4.51. The average Bonchev–Trinajstić information content (AvgIpc) is 3.07. The predicted octanol–water partition coefficient (Wildman–Crippen LogP) is 1.35. The Morgan fingerprint density at radius 1 is 1.40 bits per heavy atom. The second-order valence-corrected chi connectivity index (χ2v) is 5.58. The number of furan rings is 1. The molecule has 2 rings (SSSR count). The topological polar surface area (TPSA) is 110 Å². The molecule has 1 aromatic rings. The van der Waals surface area contributed by atoms with Gasteiger partial charge in [0.1, 0.15) is 12.3 Å². The Balaban J connectivity index is 0.00000312. The van der Waals surface area contributed by atoms with Gasteiger partial charge >= 0.3 is 5.97 Å². The van der Waals surface area contributed by atoms with Crippen molar-refractivity contribution in [3.8, 4) is 0 Å². The van der Waals surface area contributed by atoms with E-state index in [0.717, 1.165) is 38.4 Å².